The lowest BCUT2D eigenvalue weighted by molar-refractivity contribution is 0.0247. The first kappa shape index (κ1) is 29.1. The standard InChI is InChI=1S/C25H36FN3O4S2/c1-7-29(24(30)33-25(3,4)5)15-14-28(6)17-23(19-9-8-18(2)22(26)16-19)34-20-10-12-21(13-11-20)35(27,31)32/h8-13,16,23H,7,14-15,17H2,1-6H3,(H2,27,31,32)/t23-/m0/s1. The molecular weight excluding hydrogens is 489 g/mol. The molecule has 0 radical (unpaired) electrons. The molecule has 1 atom stereocenters. The summed E-state index contributed by atoms with van der Waals surface area (Å²) in [7, 11) is -1.83. The predicted molar refractivity (Wildman–Crippen MR) is 139 cm³/mol. The third-order valence-corrected chi connectivity index (χ3v) is 7.44. The Labute approximate surface area is 212 Å². The van der Waals surface area contributed by atoms with E-state index in [4.69, 9.17) is 9.88 Å². The number of halogens is 1. The van der Waals surface area contributed by atoms with Gasteiger partial charge in [0, 0.05) is 36.3 Å². The molecule has 0 heterocycles. The number of hydrogen-bond acceptors (Lipinski definition) is 6. The highest BCUT2D eigenvalue weighted by molar-refractivity contribution is 7.99. The molecule has 2 aromatic carbocycles. The van der Waals surface area contributed by atoms with E-state index < -0.39 is 15.6 Å². The van der Waals surface area contributed by atoms with Gasteiger partial charge in [-0.05, 0) is 83.1 Å². The van der Waals surface area contributed by atoms with Crippen LogP contribution in [0.5, 0.6) is 0 Å². The SMILES string of the molecule is CCN(CCN(C)C[C@H](Sc1ccc(S(N)(=O)=O)cc1)c1ccc(C)c(F)c1)C(=O)OC(C)(C)C. The molecule has 194 valence electrons. The van der Waals surface area contributed by atoms with Gasteiger partial charge in [-0.15, -0.1) is 11.8 Å². The topological polar surface area (TPSA) is 92.9 Å². The van der Waals surface area contributed by atoms with Gasteiger partial charge in [0.1, 0.15) is 11.4 Å². The van der Waals surface area contributed by atoms with E-state index in [-0.39, 0.29) is 22.1 Å². The normalized spacial score (nSPS) is 13.1. The molecule has 0 unspecified atom stereocenters. The monoisotopic (exact) mass is 525 g/mol. The highest BCUT2D eigenvalue weighted by Crippen LogP contribution is 2.36. The Morgan fingerprint density at radius 3 is 2.29 bits per heavy atom. The number of hydrogen-bond donors (Lipinski definition) is 1. The number of sulfonamides is 1. The van der Waals surface area contributed by atoms with Crippen molar-refractivity contribution in [3.63, 3.8) is 0 Å². The van der Waals surface area contributed by atoms with Crippen LogP contribution in [0, 0.1) is 12.7 Å². The highest BCUT2D eigenvalue weighted by Gasteiger charge is 2.22. The summed E-state index contributed by atoms with van der Waals surface area (Å²) < 4.78 is 43.0. The molecule has 0 aromatic heterocycles. The van der Waals surface area contributed by atoms with Gasteiger partial charge in [-0.1, -0.05) is 12.1 Å². The molecule has 0 saturated carbocycles. The fourth-order valence-corrected chi connectivity index (χ4v) is 5.01. The van der Waals surface area contributed by atoms with Crippen molar-refractivity contribution in [1.82, 2.24) is 9.80 Å². The van der Waals surface area contributed by atoms with Crippen molar-refractivity contribution in [2.45, 2.75) is 55.3 Å². The predicted octanol–water partition coefficient (Wildman–Crippen LogP) is 4.80. The number of thioether (sulfide) groups is 1. The number of ether oxygens (including phenoxy) is 1. The molecule has 0 aliphatic heterocycles. The molecule has 2 N–H and O–H groups in total. The minimum atomic E-state index is -3.78. The molecule has 0 spiro atoms. The molecule has 0 saturated heterocycles. The lowest BCUT2D eigenvalue weighted by Crippen LogP contribution is -2.41. The number of carbonyl (C=O) groups is 1. The van der Waals surface area contributed by atoms with Crippen molar-refractivity contribution in [2.75, 3.05) is 33.2 Å². The van der Waals surface area contributed by atoms with Crippen molar-refractivity contribution in [3.8, 4) is 0 Å². The Bertz CT molecular complexity index is 1100. The van der Waals surface area contributed by atoms with Crippen LogP contribution in [-0.4, -0.2) is 63.1 Å². The molecule has 7 nitrogen and oxygen atoms in total. The number of likely N-dealkylation sites (N-methyl/N-ethyl adjacent to an activating group) is 2. The maximum atomic E-state index is 14.4. The lowest BCUT2D eigenvalue weighted by Gasteiger charge is -2.29. The number of nitrogens with two attached hydrogens (primary N) is 1. The number of benzene rings is 2. The van der Waals surface area contributed by atoms with Gasteiger partial charge in [-0.3, -0.25) is 0 Å². The molecule has 0 fully saturated rings. The number of carbonyl (C=O) groups excluding carboxylic acids is 1. The first-order valence-corrected chi connectivity index (χ1v) is 13.8. The Hall–Kier alpha value is -2.14. The summed E-state index contributed by atoms with van der Waals surface area (Å²) in [4.78, 5) is 17.1. The van der Waals surface area contributed by atoms with Crippen LogP contribution >= 0.6 is 11.8 Å². The maximum absolute atomic E-state index is 14.4. The first-order valence-electron chi connectivity index (χ1n) is 11.4. The summed E-state index contributed by atoms with van der Waals surface area (Å²) in [6, 6.07) is 11.5. The quantitative estimate of drug-likeness (QED) is 0.448. The van der Waals surface area contributed by atoms with Crippen LogP contribution in [0.15, 0.2) is 52.3 Å². The largest absolute Gasteiger partial charge is 0.444 e. The lowest BCUT2D eigenvalue weighted by atomic mass is 10.1. The van der Waals surface area contributed by atoms with Crippen molar-refractivity contribution < 1.29 is 22.3 Å². The zero-order valence-electron chi connectivity index (χ0n) is 21.2. The summed E-state index contributed by atoms with van der Waals surface area (Å²) in [5.74, 6) is -0.276. The summed E-state index contributed by atoms with van der Waals surface area (Å²) in [5, 5.41) is 5.07. The third-order valence-electron chi connectivity index (χ3n) is 5.26. The van der Waals surface area contributed by atoms with Gasteiger partial charge in [0.05, 0.1) is 4.90 Å². The van der Waals surface area contributed by atoms with Crippen LogP contribution in [0.25, 0.3) is 0 Å². The minimum Gasteiger partial charge on any atom is -0.444 e. The number of aryl methyl sites for hydroxylation is 1. The summed E-state index contributed by atoms with van der Waals surface area (Å²) in [6.07, 6.45) is -0.352. The van der Waals surface area contributed by atoms with Gasteiger partial charge in [0.2, 0.25) is 10.0 Å². The first-order chi connectivity index (χ1) is 16.2. The van der Waals surface area contributed by atoms with Crippen LogP contribution in [0.4, 0.5) is 9.18 Å². The number of primary sulfonamides is 1. The average molecular weight is 526 g/mol. The summed E-state index contributed by atoms with van der Waals surface area (Å²) in [5.41, 5.74) is 0.825. The fraction of sp³-hybridized carbons (Fsp3) is 0.480. The highest BCUT2D eigenvalue weighted by atomic mass is 32.2. The number of rotatable bonds is 10. The number of nitrogens with zero attached hydrogens (tertiary/aromatic N) is 2. The van der Waals surface area contributed by atoms with Gasteiger partial charge >= 0.3 is 6.09 Å². The minimum absolute atomic E-state index is 0.0405. The van der Waals surface area contributed by atoms with Crippen molar-refractivity contribution >= 4 is 27.9 Å². The van der Waals surface area contributed by atoms with E-state index in [0.717, 1.165) is 10.5 Å². The molecule has 35 heavy (non-hydrogen) atoms. The average Bonchev–Trinajstić information content (AvgIpc) is 2.74. The van der Waals surface area contributed by atoms with Crippen LogP contribution in [0.2, 0.25) is 0 Å². The van der Waals surface area contributed by atoms with Crippen LogP contribution in [-0.2, 0) is 14.8 Å². The Morgan fingerprint density at radius 1 is 1.14 bits per heavy atom. The molecule has 10 heteroatoms. The Morgan fingerprint density at radius 2 is 1.77 bits per heavy atom. The van der Waals surface area contributed by atoms with E-state index in [1.807, 2.05) is 40.8 Å². The van der Waals surface area contributed by atoms with E-state index >= 15 is 0 Å². The van der Waals surface area contributed by atoms with E-state index in [1.165, 1.54) is 23.9 Å². The fourth-order valence-electron chi connectivity index (χ4n) is 3.26. The second-order valence-corrected chi connectivity index (χ2v) is 12.3. The molecule has 2 aromatic rings. The summed E-state index contributed by atoms with van der Waals surface area (Å²) in [6.45, 7) is 11.3. The molecule has 1 amide bonds. The second kappa shape index (κ2) is 12.2. The molecule has 0 aliphatic carbocycles. The summed E-state index contributed by atoms with van der Waals surface area (Å²) >= 11 is 1.51. The zero-order chi connectivity index (χ0) is 26.4. The van der Waals surface area contributed by atoms with Gasteiger partial charge in [-0.25, -0.2) is 22.7 Å². The van der Waals surface area contributed by atoms with Gasteiger partial charge in [-0.2, -0.15) is 0 Å². The molecular formula is C25H36FN3O4S2. The van der Waals surface area contributed by atoms with Crippen LogP contribution < -0.4 is 5.14 Å². The van der Waals surface area contributed by atoms with Gasteiger partial charge in [0.25, 0.3) is 0 Å². The molecule has 0 aliphatic rings. The van der Waals surface area contributed by atoms with Crippen LogP contribution in [0.3, 0.4) is 0 Å². The smallest absolute Gasteiger partial charge is 0.410 e. The van der Waals surface area contributed by atoms with Gasteiger partial charge < -0.3 is 14.5 Å². The van der Waals surface area contributed by atoms with E-state index in [0.29, 0.717) is 31.7 Å². The third kappa shape index (κ3) is 9.44. The van der Waals surface area contributed by atoms with Crippen molar-refractivity contribution in [2.24, 2.45) is 5.14 Å². The van der Waals surface area contributed by atoms with E-state index in [1.54, 1.807) is 36.1 Å². The zero-order valence-corrected chi connectivity index (χ0v) is 22.9. The molecule has 2 rings (SSSR count). The van der Waals surface area contributed by atoms with Gasteiger partial charge in [0.15, 0.2) is 0 Å². The number of amides is 1. The molecule has 0 bridgehead atoms. The Kier molecular flexibility index (Phi) is 10.1. The van der Waals surface area contributed by atoms with E-state index in [2.05, 4.69) is 4.90 Å². The van der Waals surface area contributed by atoms with E-state index in [9.17, 15) is 17.6 Å². The second-order valence-electron chi connectivity index (χ2n) is 9.45. The van der Waals surface area contributed by atoms with Crippen molar-refractivity contribution in [3.05, 3.63) is 59.4 Å². The van der Waals surface area contributed by atoms with Crippen LogP contribution in [0.1, 0.15) is 44.1 Å². The Balaban J connectivity index is 2.16. The van der Waals surface area contributed by atoms with Crippen molar-refractivity contribution in [1.29, 1.82) is 0 Å². The maximum Gasteiger partial charge on any atom is 0.410 e.